The van der Waals surface area contributed by atoms with Gasteiger partial charge >= 0.3 is 12.0 Å². The number of aliphatic carboxylic acids is 1. The van der Waals surface area contributed by atoms with Gasteiger partial charge in [-0.2, -0.15) is 0 Å². The van der Waals surface area contributed by atoms with Gasteiger partial charge in [0.2, 0.25) is 0 Å². The van der Waals surface area contributed by atoms with E-state index in [1.165, 1.54) is 6.20 Å². The second-order valence-electron chi connectivity index (χ2n) is 4.96. The van der Waals surface area contributed by atoms with Gasteiger partial charge in [0.1, 0.15) is 0 Å². The van der Waals surface area contributed by atoms with Crippen LogP contribution in [-0.2, 0) is 11.2 Å². The van der Waals surface area contributed by atoms with Crippen molar-refractivity contribution in [1.29, 1.82) is 0 Å². The monoisotopic (exact) mass is 293 g/mol. The molecular weight excluding hydrogens is 274 g/mol. The van der Waals surface area contributed by atoms with Gasteiger partial charge in [0.15, 0.2) is 0 Å². The lowest BCUT2D eigenvalue weighted by molar-refractivity contribution is -0.136. The van der Waals surface area contributed by atoms with Crippen molar-refractivity contribution in [3.63, 3.8) is 0 Å². The highest BCUT2D eigenvalue weighted by Crippen LogP contribution is 2.07. The molecule has 0 saturated carbocycles. The molecule has 3 N–H and O–H groups in total. The predicted octanol–water partition coefficient (Wildman–Crippen LogP) is -0.00740. The van der Waals surface area contributed by atoms with Crippen LogP contribution in [0.25, 0.3) is 0 Å². The SMILES string of the molecule is CN1CCN(NC(=O)Nc2ccc(CC(=O)O)nc2)CC1. The molecular formula is C13H19N5O3. The standard InChI is InChI=1S/C13H19N5O3/c1-17-4-6-18(7-5-17)16-13(21)15-11-3-2-10(14-9-11)8-12(19)20/h2-3,9H,4-8H2,1H3,(H,19,20)(H2,15,16,21). The van der Waals surface area contributed by atoms with E-state index < -0.39 is 5.97 Å². The number of nitrogens with zero attached hydrogens (tertiary/aromatic N) is 3. The van der Waals surface area contributed by atoms with Crippen molar-refractivity contribution in [1.82, 2.24) is 20.3 Å². The molecule has 1 aliphatic heterocycles. The van der Waals surface area contributed by atoms with Crippen molar-refractivity contribution >= 4 is 17.7 Å². The maximum atomic E-state index is 11.8. The number of hydrogen-bond donors (Lipinski definition) is 3. The molecule has 1 aromatic rings. The summed E-state index contributed by atoms with van der Waals surface area (Å²) < 4.78 is 0. The van der Waals surface area contributed by atoms with Gasteiger partial charge in [0.25, 0.3) is 0 Å². The van der Waals surface area contributed by atoms with Gasteiger partial charge in [-0.15, -0.1) is 0 Å². The molecule has 1 saturated heterocycles. The normalized spacial score (nSPS) is 16.4. The number of carbonyl (C=O) groups is 2. The molecule has 8 heteroatoms. The van der Waals surface area contributed by atoms with Crippen LogP contribution in [-0.4, -0.2) is 65.2 Å². The number of anilines is 1. The highest BCUT2D eigenvalue weighted by Gasteiger charge is 2.15. The zero-order chi connectivity index (χ0) is 15.2. The average Bonchev–Trinajstić information content (AvgIpc) is 2.43. The quantitative estimate of drug-likeness (QED) is 0.722. The summed E-state index contributed by atoms with van der Waals surface area (Å²) in [5, 5.41) is 13.2. The van der Waals surface area contributed by atoms with Crippen LogP contribution < -0.4 is 10.7 Å². The van der Waals surface area contributed by atoms with Crippen LogP contribution in [0, 0.1) is 0 Å². The molecule has 0 unspecified atom stereocenters. The lowest BCUT2D eigenvalue weighted by Crippen LogP contribution is -2.53. The van der Waals surface area contributed by atoms with Crippen LogP contribution in [0.4, 0.5) is 10.5 Å². The summed E-state index contributed by atoms with van der Waals surface area (Å²) in [5.41, 5.74) is 3.74. The molecule has 114 valence electrons. The van der Waals surface area contributed by atoms with Crippen LogP contribution in [0.2, 0.25) is 0 Å². The summed E-state index contributed by atoms with van der Waals surface area (Å²) in [6.45, 7) is 3.37. The topological polar surface area (TPSA) is 97.8 Å². The van der Waals surface area contributed by atoms with Crippen molar-refractivity contribution in [2.75, 3.05) is 38.5 Å². The predicted molar refractivity (Wildman–Crippen MR) is 76.8 cm³/mol. The lowest BCUT2D eigenvalue weighted by atomic mass is 10.2. The van der Waals surface area contributed by atoms with Gasteiger partial charge in [0, 0.05) is 26.2 Å². The first kappa shape index (κ1) is 15.2. The number of amides is 2. The Morgan fingerprint density at radius 3 is 2.57 bits per heavy atom. The Labute approximate surface area is 122 Å². The number of pyridine rings is 1. The first-order valence-electron chi connectivity index (χ1n) is 6.71. The van der Waals surface area contributed by atoms with E-state index in [-0.39, 0.29) is 12.5 Å². The summed E-state index contributed by atoms with van der Waals surface area (Å²) in [7, 11) is 2.04. The fraction of sp³-hybridized carbons (Fsp3) is 0.462. The summed E-state index contributed by atoms with van der Waals surface area (Å²) in [5.74, 6) is -0.934. The number of nitrogens with one attached hydrogen (secondary N) is 2. The van der Waals surface area contributed by atoms with Crippen LogP contribution in [0.5, 0.6) is 0 Å². The van der Waals surface area contributed by atoms with E-state index in [9.17, 15) is 9.59 Å². The van der Waals surface area contributed by atoms with Gasteiger partial charge in [-0.1, -0.05) is 0 Å². The number of hydrogen-bond acceptors (Lipinski definition) is 5. The summed E-state index contributed by atoms with van der Waals surface area (Å²) >= 11 is 0. The highest BCUT2D eigenvalue weighted by atomic mass is 16.4. The number of aromatic nitrogens is 1. The summed E-state index contributed by atoms with van der Waals surface area (Å²) in [6.07, 6.45) is 1.32. The minimum Gasteiger partial charge on any atom is -0.481 e. The third-order valence-corrected chi connectivity index (χ3v) is 3.18. The molecule has 0 aromatic carbocycles. The molecule has 0 radical (unpaired) electrons. The van der Waals surface area contributed by atoms with Crippen molar-refractivity contribution in [3.05, 3.63) is 24.0 Å². The van der Waals surface area contributed by atoms with E-state index in [0.717, 1.165) is 26.2 Å². The molecule has 1 aliphatic rings. The van der Waals surface area contributed by atoms with Crippen molar-refractivity contribution < 1.29 is 14.7 Å². The number of carbonyl (C=O) groups excluding carboxylic acids is 1. The van der Waals surface area contributed by atoms with E-state index >= 15 is 0 Å². The highest BCUT2D eigenvalue weighted by molar-refractivity contribution is 5.88. The second-order valence-corrected chi connectivity index (χ2v) is 4.96. The third-order valence-electron chi connectivity index (χ3n) is 3.18. The molecule has 0 aliphatic carbocycles. The molecule has 2 rings (SSSR count). The van der Waals surface area contributed by atoms with Gasteiger partial charge < -0.3 is 15.3 Å². The number of carboxylic acid groups (broad SMARTS) is 1. The molecule has 0 spiro atoms. The van der Waals surface area contributed by atoms with Crippen LogP contribution >= 0.6 is 0 Å². The maximum Gasteiger partial charge on any atom is 0.333 e. The van der Waals surface area contributed by atoms with Crippen LogP contribution in [0.1, 0.15) is 5.69 Å². The first-order valence-corrected chi connectivity index (χ1v) is 6.71. The Kier molecular flexibility index (Phi) is 5.07. The van der Waals surface area contributed by atoms with E-state index in [4.69, 9.17) is 5.11 Å². The van der Waals surface area contributed by atoms with Gasteiger partial charge in [0.05, 0.1) is 24.0 Å². The molecule has 2 heterocycles. The number of piperazine rings is 1. The van der Waals surface area contributed by atoms with Crippen LogP contribution in [0.15, 0.2) is 18.3 Å². The minimum absolute atomic E-state index is 0.131. The molecule has 21 heavy (non-hydrogen) atoms. The molecule has 2 amide bonds. The lowest BCUT2D eigenvalue weighted by Gasteiger charge is -2.32. The Balaban J connectivity index is 1.80. The average molecular weight is 293 g/mol. The zero-order valence-electron chi connectivity index (χ0n) is 11.9. The number of carboxylic acids is 1. The Morgan fingerprint density at radius 1 is 1.29 bits per heavy atom. The third kappa shape index (κ3) is 5.01. The molecule has 1 aromatic heterocycles. The van der Waals surface area contributed by atoms with Crippen LogP contribution in [0.3, 0.4) is 0 Å². The molecule has 0 atom stereocenters. The Hall–Kier alpha value is -2.19. The zero-order valence-corrected chi connectivity index (χ0v) is 11.9. The molecule has 0 bridgehead atoms. The summed E-state index contributed by atoms with van der Waals surface area (Å²) in [6, 6.07) is 2.89. The van der Waals surface area contributed by atoms with Crippen molar-refractivity contribution in [2.45, 2.75) is 6.42 Å². The van der Waals surface area contributed by atoms with Crippen molar-refractivity contribution in [3.8, 4) is 0 Å². The Morgan fingerprint density at radius 2 is 2.00 bits per heavy atom. The van der Waals surface area contributed by atoms with Gasteiger partial charge in [-0.05, 0) is 19.2 Å². The fourth-order valence-corrected chi connectivity index (χ4v) is 1.98. The number of likely N-dealkylation sites (N-methyl/N-ethyl adjacent to an activating group) is 1. The maximum absolute atomic E-state index is 11.8. The molecule has 8 nitrogen and oxygen atoms in total. The number of urea groups is 1. The van der Waals surface area contributed by atoms with E-state index in [1.54, 1.807) is 12.1 Å². The van der Waals surface area contributed by atoms with E-state index in [1.807, 2.05) is 12.1 Å². The summed E-state index contributed by atoms with van der Waals surface area (Å²) in [4.78, 5) is 28.6. The van der Waals surface area contributed by atoms with Gasteiger partial charge in [-0.3, -0.25) is 15.2 Å². The van der Waals surface area contributed by atoms with E-state index in [0.29, 0.717) is 11.4 Å². The number of hydrazine groups is 1. The van der Waals surface area contributed by atoms with Gasteiger partial charge in [-0.25, -0.2) is 9.80 Å². The largest absolute Gasteiger partial charge is 0.481 e. The minimum atomic E-state index is -0.934. The second kappa shape index (κ2) is 7.00. The smallest absolute Gasteiger partial charge is 0.333 e. The van der Waals surface area contributed by atoms with E-state index in [2.05, 4.69) is 20.6 Å². The number of rotatable bonds is 4. The first-order chi connectivity index (χ1) is 10.0. The molecule has 1 fully saturated rings. The Bertz CT molecular complexity index is 497. The fourth-order valence-electron chi connectivity index (χ4n) is 1.98. The van der Waals surface area contributed by atoms with Crippen molar-refractivity contribution in [2.24, 2.45) is 0 Å².